The van der Waals surface area contributed by atoms with Crippen molar-refractivity contribution < 1.29 is 28.3 Å². The highest BCUT2D eigenvalue weighted by Crippen LogP contribution is 2.24. The Bertz CT molecular complexity index is 639. The summed E-state index contributed by atoms with van der Waals surface area (Å²) in [4.78, 5) is 34.6. The number of amides is 1. The van der Waals surface area contributed by atoms with E-state index in [-0.39, 0.29) is 36.3 Å². The van der Waals surface area contributed by atoms with E-state index < -0.39 is 23.4 Å². The van der Waals surface area contributed by atoms with E-state index in [1.54, 1.807) is 0 Å². The van der Waals surface area contributed by atoms with E-state index in [1.807, 2.05) is 0 Å². The van der Waals surface area contributed by atoms with Gasteiger partial charge in [-0.1, -0.05) is 0 Å². The third-order valence-electron chi connectivity index (χ3n) is 4.26. The molecule has 0 spiro atoms. The van der Waals surface area contributed by atoms with Crippen molar-refractivity contribution in [1.29, 1.82) is 0 Å². The van der Waals surface area contributed by atoms with Gasteiger partial charge in [-0.2, -0.15) is 0 Å². The number of rotatable bonds is 6. The number of hydrogen-bond acceptors (Lipinski definition) is 3. The molecule has 1 aliphatic rings. The first-order valence-electron chi connectivity index (χ1n) is 7.87. The molecule has 0 unspecified atom stereocenters. The lowest BCUT2D eigenvalue weighted by molar-refractivity contribution is -0.142. The SMILES string of the molecule is O=C(CCC(=O)c1ccc(F)c(F)c1)NC1CCC(C(=O)O)CC1. The van der Waals surface area contributed by atoms with Crippen molar-refractivity contribution in [2.75, 3.05) is 0 Å². The normalized spacial score (nSPS) is 20.4. The van der Waals surface area contributed by atoms with E-state index in [2.05, 4.69) is 5.32 Å². The van der Waals surface area contributed by atoms with Crippen molar-refractivity contribution in [2.45, 2.75) is 44.6 Å². The van der Waals surface area contributed by atoms with Crippen LogP contribution in [-0.2, 0) is 9.59 Å². The van der Waals surface area contributed by atoms with E-state index in [0.717, 1.165) is 12.1 Å². The summed E-state index contributed by atoms with van der Waals surface area (Å²) in [5.41, 5.74) is 0.0312. The summed E-state index contributed by atoms with van der Waals surface area (Å²) in [6, 6.07) is 2.81. The van der Waals surface area contributed by atoms with Crippen LogP contribution >= 0.6 is 0 Å². The molecule has 1 saturated carbocycles. The third-order valence-corrected chi connectivity index (χ3v) is 4.26. The molecule has 1 amide bonds. The van der Waals surface area contributed by atoms with Gasteiger partial charge in [0, 0.05) is 24.4 Å². The smallest absolute Gasteiger partial charge is 0.306 e. The minimum absolute atomic E-state index is 0.0312. The molecule has 1 aliphatic carbocycles. The van der Waals surface area contributed by atoms with Gasteiger partial charge in [0.05, 0.1) is 5.92 Å². The molecule has 0 saturated heterocycles. The van der Waals surface area contributed by atoms with Crippen molar-refractivity contribution in [2.24, 2.45) is 5.92 Å². The molecule has 0 atom stereocenters. The van der Waals surface area contributed by atoms with Crippen LogP contribution in [0.25, 0.3) is 0 Å². The summed E-state index contributed by atoms with van der Waals surface area (Å²) in [5.74, 6) is -4.02. The minimum Gasteiger partial charge on any atom is -0.481 e. The molecule has 24 heavy (non-hydrogen) atoms. The van der Waals surface area contributed by atoms with Gasteiger partial charge in [0.1, 0.15) is 0 Å². The fourth-order valence-electron chi connectivity index (χ4n) is 2.83. The van der Waals surface area contributed by atoms with E-state index in [0.29, 0.717) is 25.7 Å². The van der Waals surface area contributed by atoms with Gasteiger partial charge in [0.2, 0.25) is 5.91 Å². The Kier molecular flexibility index (Phi) is 6.00. The van der Waals surface area contributed by atoms with E-state index in [9.17, 15) is 23.2 Å². The summed E-state index contributed by atoms with van der Waals surface area (Å²) in [6.45, 7) is 0. The predicted molar refractivity (Wildman–Crippen MR) is 81.4 cm³/mol. The summed E-state index contributed by atoms with van der Waals surface area (Å²) in [6.07, 6.45) is 2.10. The number of ketones is 1. The number of carbonyl (C=O) groups excluding carboxylic acids is 2. The van der Waals surface area contributed by atoms with Gasteiger partial charge in [0.15, 0.2) is 17.4 Å². The summed E-state index contributed by atoms with van der Waals surface area (Å²) >= 11 is 0. The molecular formula is C17H19F2NO4. The lowest BCUT2D eigenvalue weighted by atomic mass is 9.86. The molecule has 7 heteroatoms. The van der Waals surface area contributed by atoms with Gasteiger partial charge in [-0.05, 0) is 43.9 Å². The molecule has 130 valence electrons. The molecule has 0 bridgehead atoms. The fourth-order valence-corrected chi connectivity index (χ4v) is 2.83. The van der Waals surface area contributed by atoms with Crippen LogP contribution in [0.15, 0.2) is 18.2 Å². The first-order valence-corrected chi connectivity index (χ1v) is 7.87. The molecular weight excluding hydrogens is 320 g/mol. The van der Waals surface area contributed by atoms with Crippen LogP contribution in [-0.4, -0.2) is 28.8 Å². The highest BCUT2D eigenvalue weighted by atomic mass is 19.2. The van der Waals surface area contributed by atoms with E-state index >= 15 is 0 Å². The number of Topliss-reactive ketones (excluding diaryl/α,β-unsaturated/α-hetero) is 1. The van der Waals surface area contributed by atoms with Crippen molar-refractivity contribution in [3.8, 4) is 0 Å². The molecule has 0 aromatic heterocycles. The molecule has 1 aromatic rings. The lowest BCUT2D eigenvalue weighted by Crippen LogP contribution is -2.38. The monoisotopic (exact) mass is 339 g/mol. The molecule has 2 rings (SSSR count). The van der Waals surface area contributed by atoms with Crippen LogP contribution in [0.4, 0.5) is 8.78 Å². The first kappa shape index (κ1) is 18.0. The number of carboxylic acid groups (broad SMARTS) is 1. The Labute approximate surface area is 138 Å². The van der Waals surface area contributed by atoms with Crippen molar-refractivity contribution in [3.63, 3.8) is 0 Å². The molecule has 1 aromatic carbocycles. The summed E-state index contributed by atoms with van der Waals surface area (Å²) in [7, 11) is 0. The average Bonchev–Trinajstić information content (AvgIpc) is 2.55. The number of hydrogen-bond donors (Lipinski definition) is 2. The molecule has 2 N–H and O–H groups in total. The van der Waals surface area contributed by atoms with Gasteiger partial charge < -0.3 is 10.4 Å². The zero-order valence-electron chi connectivity index (χ0n) is 13.1. The minimum atomic E-state index is -1.10. The summed E-state index contributed by atoms with van der Waals surface area (Å²) < 4.78 is 25.9. The molecule has 0 heterocycles. The summed E-state index contributed by atoms with van der Waals surface area (Å²) in [5, 5.41) is 11.7. The maximum Gasteiger partial charge on any atom is 0.306 e. The largest absolute Gasteiger partial charge is 0.481 e. The fraction of sp³-hybridized carbons (Fsp3) is 0.471. The quantitative estimate of drug-likeness (QED) is 0.781. The Hall–Kier alpha value is -2.31. The predicted octanol–water partition coefficient (Wildman–Crippen LogP) is 2.69. The van der Waals surface area contributed by atoms with Gasteiger partial charge >= 0.3 is 5.97 Å². The second-order valence-electron chi connectivity index (χ2n) is 6.01. The lowest BCUT2D eigenvalue weighted by Gasteiger charge is -2.26. The first-order chi connectivity index (χ1) is 11.4. The number of carbonyl (C=O) groups is 3. The van der Waals surface area contributed by atoms with Crippen LogP contribution in [0.1, 0.15) is 48.9 Å². The number of benzene rings is 1. The number of aliphatic carboxylic acids is 1. The zero-order chi connectivity index (χ0) is 17.7. The molecule has 0 aliphatic heterocycles. The molecule has 1 fully saturated rings. The van der Waals surface area contributed by atoms with Crippen molar-refractivity contribution in [1.82, 2.24) is 5.32 Å². The van der Waals surface area contributed by atoms with Crippen LogP contribution in [0.3, 0.4) is 0 Å². The maximum atomic E-state index is 13.1. The second kappa shape index (κ2) is 7.99. The van der Waals surface area contributed by atoms with Gasteiger partial charge in [0.25, 0.3) is 0 Å². The van der Waals surface area contributed by atoms with Crippen molar-refractivity contribution in [3.05, 3.63) is 35.4 Å². The number of halogens is 2. The number of nitrogens with one attached hydrogen (secondary N) is 1. The topological polar surface area (TPSA) is 83.5 Å². The van der Waals surface area contributed by atoms with Gasteiger partial charge in [-0.15, -0.1) is 0 Å². The highest BCUT2D eigenvalue weighted by molar-refractivity contribution is 5.97. The Morgan fingerprint density at radius 1 is 1.04 bits per heavy atom. The second-order valence-corrected chi connectivity index (χ2v) is 6.01. The van der Waals surface area contributed by atoms with E-state index in [1.165, 1.54) is 6.07 Å². The van der Waals surface area contributed by atoms with Crippen molar-refractivity contribution >= 4 is 17.7 Å². The van der Waals surface area contributed by atoms with Crippen LogP contribution in [0, 0.1) is 17.6 Å². The molecule has 5 nitrogen and oxygen atoms in total. The Morgan fingerprint density at radius 2 is 1.71 bits per heavy atom. The standard InChI is InChI=1S/C17H19F2NO4/c18-13-6-3-11(9-14(13)19)15(21)7-8-16(22)20-12-4-1-10(2-5-12)17(23)24/h3,6,9-10,12H,1-2,4-5,7-8H2,(H,20,22)(H,23,24). The van der Waals surface area contributed by atoms with Crippen LogP contribution in [0.5, 0.6) is 0 Å². The van der Waals surface area contributed by atoms with Gasteiger partial charge in [-0.25, -0.2) is 8.78 Å². The Morgan fingerprint density at radius 3 is 2.29 bits per heavy atom. The third kappa shape index (κ3) is 4.84. The van der Waals surface area contributed by atoms with Gasteiger partial charge in [-0.3, -0.25) is 14.4 Å². The molecule has 0 radical (unpaired) electrons. The maximum absolute atomic E-state index is 13.1. The zero-order valence-corrected chi connectivity index (χ0v) is 13.1. The Balaban J connectivity index is 1.76. The average molecular weight is 339 g/mol. The van der Waals surface area contributed by atoms with Crippen LogP contribution < -0.4 is 5.32 Å². The number of carboxylic acids is 1. The van der Waals surface area contributed by atoms with Crippen LogP contribution in [0.2, 0.25) is 0 Å². The van der Waals surface area contributed by atoms with E-state index in [4.69, 9.17) is 5.11 Å². The highest BCUT2D eigenvalue weighted by Gasteiger charge is 2.26.